The predicted molar refractivity (Wildman–Crippen MR) is 66.8 cm³/mol. The van der Waals surface area contributed by atoms with Crippen molar-refractivity contribution in [2.45, 2.75) is 32.4 Å². The molecule has 1 aliphatic heterocycles. The van der Waals surface area contributed by atoms with Gasteiger partial charge in [-0.25, -0.2) is 0 Å². The Bertz CT molecular complexity index is 531. The van der Waals surface area contributed by atoms with Crippen LogP contribution in [0, 0.1) is 6.92 Å². The van der Waals surface area contributed by atoms with Crippen LogP contribution in [0.15, 0.2) is 23.0 Å². The largest absolute Gasteiger partial charge is 0.361 e. The Kier molecular flexibility index (Phi) is 2.91. The van der Waals surface area contributed by atoms with E-state index in [0.29, 0.717) is 6.04 Å². The van der Waals surface area contributed by atoms with E-state index in [1.54, 1.807) is 0 Å². The van der Waals surface area contributed by atoms with E-state index < -0.39 is 0 Å². The van der Waals surface area contributed by atoms with Crippen LogP contribution in [0.25, 0.3) is 0 Å². The molecule has 1 fully saturated rings. The lowest BCUT2D eigenvalue weighted by atomic mass is 10.1. The molecule has 1 saturated heterocycles. The Hall–Kier alpha value is -1.62. The number of aryl methyl sites for hydroxylation is 2. The topological polar surface area (TPSA) is 47.1 Å². The second-order valence-electron chi connectivity index (χ2n) is 5.00. The molecule has 96 valence electrons. The third-order valence-electron chi connectivity index (χ3n) is 3.52. The molecule has 3 rings (SSSR count). The van der Waals surface area contributed by atoms with Gasteiger partial charge >= 0.3 is 0 Å². The van der Waals surface area contributed by atoms with Gasteiger partial charge in [0.2, 0.25) is 0 Å². The quantitative estimate of drug-likeness (QED) is 0.831. The van der Waals surface area contributed by atoms with Crippen molar-refractivity contribution in [3.63, 3.8) is 0 Å². The van der Waals surface area contributed by atoms with Crippen LogP contribution in [0.5, 0.6) is 0 Å². The predicted octanol–water partition coefficient (Wildman–Crippen LogP) is 2.05. The van der Waals surface area contributed by atoms with Crippen molar-refractivity contribution in [3.8, 4) is 0 Å². The fraction of sp³-hybridized carbons (Fsp3) is 0.538. The zero-order valence-electron chi connectivity index (χ0n) is 10.8. The van der Waals surface area contributed by atoms with Crippen molar-refractivity contribution in [1.29, 1.82) is 0 Å². The van der Waals surface area contributed by atoms with Crippen LogP contribution in [-0.4, -0.2) is 26.4 Å². The third-order valence-corrected chi connectivity index (χ3v) is 3.52. The molecule has 0 spiro atoms. The molecule has 0 aromatic carbocycles. The van der Waals surface area contributed by atoms with E-state index in [1.807, 2.05) is 30.9 Å². The summed E-state index contributed by atoms with van der Waals surface area (Å²) in [6, 6.07) is 2.48. The summed E-state index contributed by atoms with van der Waals surface area (Å²) < 4.78 is 6.99. The molecule has 0 bridgehead atoms. The molecule has 2 aromatic rings. The van der Waals surface area contributed by atoms with E-state index >= 15 is 0 Å². The normalized spacial score (nSPS) is 20.7. The smallest absolute Gasteiger partial charge is 0.133 e. The van der Waals surface area contributed by atoms with Gasteiger partial charge < -0.3 is 4.52 Å². The molecule has 3 heterocycles. The van der Waals surface area contributed by atoms with E-state index in [0.717, 1.165) is 24.5 Å². The summed E-state index contributed by atoms with van der Waals surface area (Å²) in [6.07, 6.45) is 6.51. The lowest BCUT2D eigenvalue weighted by Crippen LogP contribution is -2.22. The minimum Gasteiger partial charge on any atom is -0.361 e. The van der Waals surface area contributed by atoms with Crippen molar-refractivity contribution in [2.75, 3.05) is 6.54 Å². The highest BCUT2D eigenvalue weighted by atomic mass is 16.5. The number of nitrogens with zero attached hydrogens (tertiary/aromatic N) is 4. The second-order valence-corrected chi connectivity index (χ2v) is 5.00. The number of hydrogen-bond donors (Lipinski definition) is 0. The van der Waals surface area contributed by atoms with Gasteiger partial charge in [0.15, 0.2) is 0 Å². The van der Waals surface area contributed by atoms with Crippen LogP contribution in [-0.2, 0) is 13.6 Å². The summed E-state index contributed by atoms with van der Waals surface area (Å²) in [5.41, 5.74) is 2.32. The van der Waals surface area contributed by atoms with Crippen LogP contribution in [0.2, 0.25) is 0 Å². The Morgan fingerprint density at radius 1 is 1.50 bits per heavy atom. The van der Waals surface area contributed by atoms with E-state index in [4.69, 9.17) is 4.52 Å². The van der Waals surface area contributed by atoms with Crippen LogP contribution >= 0.6 is 0 Å². The number of rotatable bonds is 3. The van der Waals surface area contributed by atoms with Gasteiger partial charge in [0.05, 0.1) is 11.9 Å². The monoisotopic (exact) mass is 246 g/mol. The van der Waals surface area contributed by atoms with Crippen LogP contribution < -0.4 is 0 Å². The van der Waals surface area contributed by atoms with Crippen LogP contribution in [0.1, 0.15) is 35.9 Å². The maximum Gasteiger partial charge on any atom is 0.133 e. The average molecular weight is 246 g/mol. The fourth-order valence-electron chi connectivity index (χ4n) is 2.71. The van der Waals surface area contributed by atoms with Crippen molar-refractivity contribution in [1.82, 2.24) is 19.8 Å². The average Bonchev–Trinajstić information content (AvgIpc) is 3.01. The molecule has 0 N–H and O–H groups in total. The minimum atomic E-state index is 0.468. The summed E-state index contributed by atoms with van der Waals surface area (Å²) in [7, 11) is 1.96. The molecule has 2 aromatic heterocycles. The van der Waals surface area contributed by atoms with Gasteiger partial charge in [0.1, 0.15) is 5.76 Å². The first kappa shape index (κ1) is 11.5. The van der Waals surface area contributed by atoms with Gasteiger partial charge in [-0.3, -0.25) is 9.58 Å². The summed E-state index contributed by atoms with van der Waals surface area (Å²) >= 11 is 0. The molecule has 0 amide bonds. The van der Waals surface area contributed by atoms with Gasteiger partial charge in [-0.2, -0.15) is 5.10 Å². The standard InChI is InChI=1S/C13H18N4O/c1-10-6-12(15-18-10)9-17-5-3-4-13(17)11-7-14-16(2)8-11/h6-8,13H,3-5,9H2,1-2H3/t13-/m1/s1. The molecule has 1 aliphatic rings. The highest BCUT2D eigenvalue weighted by Crippen LogP contribution is 2.32. The Morgan fingerprint density at radius 3 is 3.06 bits per heavy atom. The van der Waals surface area contributed by atoms with Crippen LogP contribution in [0.3, 0.4) is 0 Å². The Morgan fingerprint density at radius 2 is 2.39 bits per heavy atom. The molecule has 18 heavy (non-hydrogen) atoms. The van der Waals surface area contributed by atoms with Gasteiger partial charge in [-0.05, 0) is 26.3 Å². The van der Waals surface area contributed by atoms with Gasteiger partial charge in [-0.15, -0.1) is 0 Å². The molecule has 0 saturated carbocycles. The first-order valence-corrected chi connectivity index (χ1v) is 6.37. The lowest BCUT2D eigenvalue weighted by molar-refractivity contribution is 0.240. The molecule has 0 unspecified atom stereocenters. The van der Waals surface area contributed by atoms with Gasteiger partial charge in [0, 0.05) is 37.5 Å². The summed E-state index contributed by atoms with van der Waals surface area (Å²) in [5.74, 6) is 0.877. The van der Waals surface area contributed by atoms with Crippen molar-refractivity contribution in [2.24, 2.45) is 7.05 Å². The zero-order valence-corrected chi connectivity index (χ0v) is 10.8. The van der Waals surface area contributed by atoms with E-state index in [1.165, 1.54) is 18.4 Å². The summed E-state index contributed by atoms with van der Waals surface area (Å²) in [6.45, 7) is 3.90. The van der Waals surface area contributed by atoms with Gasteiger partial charge in [0.25, 0.3) is 0 Å². The third kappa shape index (κ3) is 2.18. The second kappa shape index (κ2) is 4.57. The van der Waals surface area contributed by atoms with Crippen molar-refractivity contribution >= 4 is 0 Å². The van der Waals surface area contributed by atoms with E-state index in [9.17, 15) is 0 Å². The number of hydrogen-bond acceptors (Lipinski definition) is 4. The molecule has 5 nitrogen and oxygen atoms in total. The Labute approximate surface area is 106 Å². The molecule has 0 radical (unpaired) electrons. The highest BCUT2D eigenvalue weighted by molar-refractivity contribution is 5.13. The van der Waals surface area contributed by atoms with Crippen molar-refractivity contribution in [3.05, 3.63) is 35.5 Å². The summed E-state index contributed by atoms with van der Waals surface area (Å²) in [4.78, 5) is 2.45. The lowest BCUT2D eigenvalue weighted by Gasteiger charge is -2.22. The molecule has 0 aliphatic carbocycles. The van der Waals surface area contributed by atoms with Gasteiger partial charge in [-0.1, -0.05) is 5.16 Å². The van der Waals surface area contributed by atoms with E-state index in [2.05, 4.69) is 21.4 Å². The first-order valence-electron chi connectivity index (χ1n) is 6.37. The molecule has 5 heteroatoms. The van der Waals surface area contributed by atoms with Crippen molar-refractivity contribution < 1.29 is 4.52 Å². The first-order chi connectivity index (χ1) is 8.72. The maximum atomic E-state index is 5.13. The Balaban J connectivity index is 1.75. The fourth-order valence-corrected chi connectivity index (χ4v) is 2.71. The molecular formula is C13H18N4O. The summed E-state index contributed by atoms with van der Waals surface area (Å²) in [5, 5.41) is 8.34. The highest BCUT2D eigenvalue weighted by Gasteiger charge is 2.27. The van der Waals surface area contributed by atoms with Crippen LogP contribution in [0.4, 0.5) is 0 Å². The number of aromatic nitrogens is 3. The number of likely N-dealkylation sites (tertiary alicyclic amines) is 1. The zero-order chi connectivity index (χ0) is 12.5. The SMILES string of the molecule is Cc1cc(CN2CCC[C@@H]2c2cnn(C)c2)no1. The van der Waals surface area contributed by atoms with E-state index in [-0.39, 0.29) is 0 Å². The minimum absolute atomic E-state index is 0.468. The molecule has 1 atom stereocenters. The molecular weight excluding hydrogens is 228 g/mol. The maximum absolute atomic E-state index is 5.13.